The maximum Gasteiger partial charge on any atom is 0.236 e. The van der Waals surface area contributed by atoms with Crippen LogP contribution < -0.4 is 22.9 Å². The van der Waals surface area contributed by atoms with E-state index < -0.39 is 41.0 Å². The maximum absolute atomic E-state index is 14.3. The molecule has 8 N–H and O–H groups in total. The minimum absolute atomic E-state index is 0.0871. The van der Waals surface area contributed by atoms with Gasteiger partial charge in [-0.15, -0.1) is 0 Å². The summed E-state index contributed by atoms with van der Waals surface area (Å²) in [7, 11) is 0. The molecule has 2 heterocycles. The molecule has 210 valence electrons. The monoisotopic (exact) mass is 542 g/mol. The van der Waals surface area contributed by atoms with Gasteiger partial charge in [0, 0.05) is 18.8 Å². The number of anilines is 1. The number of carbonyl (C=O) groups excluding carboxylic acids is 3. The lowest BCUT2D eigenvalue weighted by atomic mass is 9.67. The highest BCUT2D eigenvalue weighted by Gasteiger charge is 2.61. The number of nitrogen functional groups attached to an aromatic ring is 1. The SMILES string of the molecule is Cc1cc(N)nc(C)c1CN1CCC(C(=O)C(N)Cc2ccccc2)(C(=O)C(N)Cc2ccccc2)[C@H]1C(N)=O. The topological polar surface area (TPSA) is 171 Å². The fourth-order valence-corrected chi connectivity index (χ4v) is 6.04. The van der Waals surface area contributed by atoms with E-state index in [9.17, 15) is 14.4 Å². The first-order valence-corrected chi connectivity index (χ1v) is 13.5. The number of carbonyl (C=O) groups is 3. The number of likely N-dealkylation sites (tertiary alicyclic amines) is 1. The molecule has 0 bridgehead atoms. The summed E-state index contributed by atoms with van der Waals surface area (Å²) in [6.07, 6.45) is 0.520. The van der Waals surface area contributed by atoms with E-state index in [2.05, 4.69) is 4.98 Å². The van der Waals surface area contributed by atoms with Crippen molar-refractivity contribution >= 4 is 23.3 Å². The third-order valence-electron chi connectivity index (χ3n) is 7.98. The van der Waals surface area contributed by atoms with Crippen LogP contribution in [0.2, 0.25) is 0 Å². The molecule has 0 saturated carbocycles. The van der Waals surface area contributed by atoms with E-state index >= 15 is 0 Å². The number of aryl methyl sites for hydroxylation is 2. The Hall–Kier alpha value is -3.92. The molecule has 1 aliphatic rings. The highest BCUT2D eigenvalue weighted by Crippen LogP contribution is 2.42. The van der Waals surface area contributed by atoms with Gasteiger partial charge in [0.25, 0.3) is 0 Å². The number of nitrogens with two attached hydrogens (primary N) is 4. The van der Waals surface area contributed by atoms with Crippen molar-refractivity contribution in [3.63, 3.8) is 0 Å². The first kappa shape index (κ1) is 29.1. The lowest BCUT2D eigenvalue weighted by molar-refractivity contribution is -0.148. The number of primary amides is 1. The van der Waals surface area contributed by atoms with E-state index in [0.717, 1.165) is 22.3 Å². The van der Waals surface area contributed by atoms with Crippen LogP contribution in [0.25, 0.3) is 0 Å². The van der Waals surface area contributed by atoms with E-state index in [1.165, 1.54) is 0 Å². The molecule has 1 amide bonds. The summed E-state index contributed by atoms with van der Waals surface area (Å²) in [6.45, 7) is 4.29. The molecule has 2 aromatic carbocycles. The number of rotatable bonds is 11. The molecule has 3 aromatic rings. The molecule has 4 rings (SSSR count). The largest absolute Gasteiger partial charge is 0.384 e. The van der Waals surface area contributed by atoms with E-state index in [1.54, 1.807) is 11.0 Å². The summed E-state index contributed by atoms with van der Waals surface area (Å²) in [5.74, 6) is -1.40. The third-order valence-corrected chi connectivity index (χ3v) is 7.98. The quantitative estimate of drug-likeness (QED) is 0.265. The molecule has 0 aliphatic carbocycles. The zero-order valence-corrected chi connectivity index (χ0v) is 23.0. The predicted molar refractivity (Wildman–Crippen MR) is 155 cm³/mol. The van der Waals surface area contributed by atoms with E-state index in [1.807, 2.05) is 74.5 Å². The van der Waals surface area contributed by atoms with Gasteiger partial charge in [0.15, 0.2) is 11.6 Å². The van der Waals surface area contributed by atoms with Crippen LogP contribution in [0.5, 0.6) is 0 Å². The standard InChI is InChI=1S/C31H38N6O3/c1-19-15-26(34)36-20(2)23(19)18-37-14-13-31(27(37)30(35)40,28(38)24(32)16-21-9-5-3-6-10-21)29(39)25(33)17-22-11-7-4-8-12-22/h3-12,15,24-25,27H,13-14,16-18,32-33H2,1-2H3,(H2,34,36)(H2,35,40)/t24?,25?,27-,31?/m1/s1. The van der Waals surface area contributed by atoms with E-state index in [0.29, 0.717) is 11.5 Å². The van der Waals surface area contributed by atoms with Gasteiger partial charge in [0.05, 0.1) is 12.1 Å². The smallest absolute Gasteiger partial charge is 0.236 e. The summed E-state index contributed by atoms with van der Waals surface area (Å²) in [5, 5.41) is 0. The molecule has 1 aromatic heterocycles. The zero-order chi connectivity index (χ0) is 29.0. The van der Waals surface area contributed by atoms with Gasteiger partial charge in [-0.25, -0.2) is 4.98 Å². The molecular weight excluding hydrogens is 504 g/mol. The second kappa shape index (κ2) is 12.1. The Labute approximate surface area is 234 Å². The van der Waals surface area contributed by atoms with Crippen LogP contribution >= 0.6 is 0 Å². The van der Waals surface area contributed by atoms with Crippen molar-refractivity contribution in [2.75, 3.05) is 12.3 Å². The number of hydrogen-bond acceptors (Lipinski definition) is 8. The highest BCUT2D eigenvalue weighted by atomic mass is 16.2. The van der Waals surface area contributed by atoms with Crippen molar-refractivity contribution in [3.05, 3.63) is 94.7 Å². The Morgan fingerprint density at radius 1 is 0.925 bits per heavy atom. The minimum Gasteiger partial charge on any atom is -0.384 e. The van der Waals surface area contributed by atoms with Crippen molar-refractivity contribution in [2.45, 2.75) is 57.8 Å². The van der Waals surface area contributed by atoms with Crippen LogP contribution in [-0.4, -0.2) is 52.0 Å². The Kier molecular flexibility index (Phi) is 8.78. The lowest BCUT2D eigenvalue weighted by Gasteiger charge is -2.37. The van der Waals surface area contributed by atoms with Gasteiger partial charge in [-0.3, -0.25) is 19.3 Å². The number of Topliss-reactive ketones (excluding diaryl/α,β-unsaturated/α-hetero) is 2. The highest BCUT2D eigenvalue weighted by molar-refractivity contribution is 6.15. The zero-order valence-electron chi connectivity index (χ0n) is 23.0. The number of nitrogens with zero attached hydrogens (tertiary/aromatic N) is 2. The van der Waals surface area contributed by atoms with Gasteiger partial charge in [0.1, 0.15) is 17.3 Å². The molecule has 0 radical (unpaired) electrons. The number of hydrogen-bond donors (Lipinski definition) is 4. The Bertz CT molecular complexity index is 1300. The Morgan fingerprint density at radius 3 is 1.88 bits per heavy atom. The number of pyridine rings is 1. The van der Waals surface area contributed by atoms with Gasteiger partial charge in [-0.2, -0.15) is 0 Å². The van der Waals surface area contributed by atoms with Crippen LogP contribution in [0.1, 0.15) is 34.4 Å². The van der Waals surface area contributed by atoms with Gasteiger partial charge < -0.3 is 22.9 Å². The summed E-state index contributed by atoms with van der Waals surface area (Å²) < 4.78 is 0. The molecule has 40 heavy (non-hydrogen) atoms. The Balaban J connectivity index is 1.74. The number of benzene rings is 2. The minimum atomic E-state index is -1.78. The van der Waals surface area contributed by atoms with Crippen LogP contribution in [-0.2, 0) is 33.8 Å². The summed E-state index contributed by atoms with van der Waals surface area (Å²) in [5.41, 5.74) is 27.3. The van der Waals surface area contributed by atoms with Crippen molar-refractivity contribution in [3.8, 4) is 0 Å². The predicted octanol–water partition coefficient (Wildman–Crippen LogP) is 1.60. The second-order valence-electron chi connectivity index (χ2n) is 10.7. The molecule has 9 heteroatoms. The maximum atomic E-state index is 14.3. The average molecular weight is 543 g/mol. The molecule has 2 unspecified atom stereocenters. The van der Waals surface area contributed by atoms with Gasteiger partial charge in [-0.1, -0.05) is 60.7 Å². The molecule has 1 saturated heterocycles. The first-order valence-electron chi connectivity index (χ1n) is 13.5. The Morgan fingerprint density at radius 2 is 1.43 bits per heavy atom. The molecule has 9 nitrogen and oxygen atoms in total. The molecule has 1 fully saturated rings. The molecule has 3 atom stereocenters. The summed E-state index contributed by atoms with van der Waals surface area (Å²) in [4.78, 5) is 47.9. The van der Waals surface area contributed by atoms with Crippen LogP contribution in [0.4, 0.5) is 5.82 Å². The lowest BCUT2D eigenvalue weighted by Crippen LogP contribution is -2.62. The third kappa shape index (κ3) is 5.82. The first-order chi connectivity index (χ1) is 19.0. The molecule has 1 aliphatic heterocycles. The van der Waals surface area contributed by atoms with Gasteiger partial charge in [-0.05, 0) is 61.4 Å². The number of ketones is 2. The van der Waals surface area contributed by atoms with E-state index in [-0.39, 0.29) is 32.4 Å². The summed E-state index contributed by atoms with van der Waals surface area (Å²) >= 11 is 0. The van der Waals surface area contributed by atoms with Crippen LogP contribution in [0, 0.1) is 19.3 Å². The van der Waals surface area contributed by atoms with Crippen molar-refractivity contribution in [1.82, 2.24) is 9.88 Å². The van der Waals surface area contributed by atoms with Crippen molar-refractivity contribution < 1.29 is 14.4 Å². The fraction of sp³-hybridized carbons (Fsp3) is 0.355. The summed E-state index contributed by atoms with van der Waals surface area (Å²) in [6, 6.07) is 17.1. The fourth-order valence-electron chi connectivity index (χ4n) is 6.04. The average Bonchev–Trinajstić information content (AvgIpc) is 3.31. The normalized spacial score (nSPS) is 20.6. The van der Waals surface area contributed by atoms with Crippen LogP contribution in [0.3, 0.4) is 0 Å². The number of amides is 1. The second-order valence-corrected chi connectivity index (χ2v) is 10.7. The van der Waals surface area contributed by atoms with E-state index in [4.69, 9.17) is 22.9 Å². The molecule has 0 spiro atoms. The van der Waals surface area contributed by atoms with Crippen LogP contribution in [0.15, 0.2) is 66.7 Å². The van der Waals surface area contributed by atoms with Gasteiger partial charge in [0.2, 0.25) is 5.91 Å². The van der Waals surface area contributed by atoms with Gasteiger partial charge >= 0.3 is 0 Å². The van der Waals surface area contributed by atoms with Crippen molar-refractivity contribution in [1.29, 1.82) is 0 Å². The van der Waals surface area contributed by atoms with Crippen molar-refractivity contribution in [2.24, 2.45) is 22.6 Å². The number of aromatic nitrogens is 1. The molecular formula is C31H38N6O3.